The number of rotatable bonds is 0. The minimum atomic E-state index is 0.303. The molecule has 3 saturated carbocycles. The van der Waals surface area contributed by atoms with Gasteiger partial charge in [-0.2, -0.15) is 0 Å². The molecule has 3 fully saturated rings. The van der Waals surface area contributed by atoms with Crippen molar-refractivity contribution in [3.8, 4) is 12.3 Å². The Kier molecular flexibility index (Phi) is 2.95. The highest BCUT2D eigenvalue weighted by atomic mass is 16.5. The molecule has 6 atom stereocenters. The van der Waals surface area contributed by atoms with E-state index in [1.54, 1.807) is 5.57 Å². The molecule has 0 bridgehead atoms. The first-order chi connectivity index (χ1) is 11.6. The molecule has 1 heterocycles. The minimum Gasteiger partial charge on any atom is -0.357 e. The van der Waals surface area contributed by atoms with Gasteiger partial charge in [0, 0.05) is 11.5 Å². The van der Waals surface area contributed by atoms with Crippen LogP contribution in [0.2, 0.25) is 0 Å². The van der Waals surface area contributed by atoms with Crippen LogP contribution >= 0.6 is 0 Å². The van der Waals surface area contributed by atoms with E-state index in [2.05, 4.69) is 31.0 Å². The van der Waals surface area contributed by atoms with Crippen LogP contribution in [-0.2, 0) is 6.42 Å². The highest BCUT2D eigenvalue weighted by Crippen LogP contribution is 2.66. The lowest BCUT2D eigenvalue weighted by Gasteiger charge is -2.57. The molecule has 24 heavy (non-hydrogen) atoms. The highest BCUT2D eigenvalue weighted by molar-refractivity contribution is 5.57. The topological polar surface area (TPSA) is 26.0 Å². The number of aromatic nitrogens is 1. The van der Waals surface area contributed by atoms with Gasteiger partial charge in [-0.05, 0) is 79.6 Å². The maximum absolute atomic E-state index is 5.89. The van der Waals surface area contributed by atoms with E-state index in [-0.39, 0.29) is 0 Å². The summed E-state index contributed by atoms with van der Waals surface area (Å²) in [5.41, 5.74) is 3.62. The molecule has 2 nitrogen and oxygen atoms in total. The molecule has 0 amide bonds. The molecule has 1 aromatic rings. The Hall–Kier alpha value is -1.49. The third-order valence-corrected chi connectivity index (χ3v) is 8.48. The Balaban J connectivity index is 1.52. The number of hydrogen-bond acceptors (Lipinski definition) is 2. The lowest BCUT2D eigenvalue weighted by molar-refractivity contribution is -0.0391. The Morgan fingerprint density at radius 3 is 2.92 bits per heavy atom. The van der Waals surface area contributed by atoms with Crippen molar-refractivity contribution in [1.82, 2.24) is 5.16 Å². The summed E-state index contributed by atoms with van der Waals surface area (Å²) in [5.74, 6) is 7.14. The van der Waals surface area contributed by atoms with Crippen LogP contribution in [-0.4, -0.2) is 5.16 Å². The summed E-state index contributed by atoms with van der Waals surface area (Å²) in [7, 11) is 0. The van der Waals surface area contributed by atoms with Crippen molar-refractivity contribution in [3.63, 3.8) is 0 Å². The summed E-state index contributed by atoms with van der Waals surface area (Å²) in [6.07, 6.45) is 19.1. The average Bonchev–Trinajstić information content (AvgIpc) is 3.14. The van der Waals surface area contributed by atoms with E-state index >= 15 is 0 Å². The van der Waals surface area contributed by atoms with Crippen molar-refractivity contribution < 1.29 is 4.52 Å². The smallest absolute Gasteiger partial charge is 0.162 e. The van der Waals surface area contributed by atoms with Gasteiger partial charge in [-0.25, -0.2) is 0 Å². The monoisotopic (exact) mass is 321 g/mol. The van der Waals surface area contributed by atoms with Gasteiger partial charge < -0.3 is 4.52 Å². The van der Waals surface area contributed by atoms with Gasteiger partial charge in [-0.15, -0.1) is 12.3 Å². The normalized spacial score (nSPS) is 46.1. The summed E-state index contributed by atoms with van der Waals surface area (Å²) in [4.78, 5) is 0. The van der Waals surface area contributed by atoms with Crippen molar-refractivity contribution in [2.45, 2.75) is 58.8 Å². The predicted molar refractivity (Wildman–Crippen MR) is 94.9 cm³/mol. The van der Waals surface area contributed by atoms with Crippen molar-refractivity contribution >= 4 is 6.08 Å². The second-order valence-corrected chi connectivity index (χ2v) is 9.24. The van der Waals surface area contributed by atoms with E-state index in [0.29, 0.717) is 16.7 Å². The summed E-state index contributed by atoms with van der Waals surface area (Å²) >= 11 is 0. The van der Waals surface area contributed by atoms with Crippen LogP contribution in [0.3, 0.4) is 0 Å². The van der Waals surface area contributed by atoms with Gasteiger partial charge in [0.1, 0.15) is 0 Å². The first-order valence-electron chi connectivity index (χ1n) is 9.67. The molecule has 126 valence electrons. The quantitative estimate of drug-likeness (QED) is 0.621. The third kappa shape index (κ3) is 1.71. The van der Waals surface area contributed by atoms with E-state index in [9.17, 15) is 0 Å². The zero-order valence-electron chi connectivity index (χ0n) is 14.8. The number of allylic oxidation sites excluding steroid dienone is 1. The second kappa shape index (κ2) is 4.78. The van der Waals surface area contributed by atoms with Gasteiger partial charge in [-0.1, -0.05) is 24.6 Å². The molecule has 0 N–H and O–H groups in total. The van der Waals surface area contributed by atoms with Gasteiger partial charge in [-0.3, -0.25) is 0 Å². The minimum absolute atomic E-state index is 0.303. The number of nitrogens with zero attached hydrogens (tertiary/aromatic N) is 1. The van der Waals surface area contributed by atoms with Crippen LogP contribution < -0.4 is 0 Å². The average molecular weight is 321 g/mol. The third-order valence-electron chi connectivity index (χ3n) is 8.48. The van der Waals surface area contributed by atoms with Crippen LogP contribution in [0.25, 0.3) is 6.08 Å². The zero-order valence-corrected chi connectivity index (χ0v) is 14.8. The van der Waals surface area contributed by atoms with Crippen LogP contribution in [0, 0.1) is 46.8 Å². The Morgan fingerprint density at radius 1 is 1.21 bits per heavy atom. The first-order valence-corrected chi connectivity index (χ1v) is 9.67. The van der Waals surface area contributed by atoms with E-state index in [0.717, 1.165) is 29.9 Å². The SMILES string of the molecule is C#C[C@@H]1CC[C@H]2[C@@H]3CCC4=Cc5oncc5C[C@]4(C)[C@H]3CC[C@]12C. The molecule has 0 radical (unpaired) electrons. The fourth-order valence-corrected chi connectivity index (χ4v) is 7.16. The van der Waals surface area contributed by atoms with E-state index < -0.39 is 0 Å². The van der Waals surface area contributed by atoms with Crippen LogP contribution in [0.15, 0.2) is 16.3 Å². The lowest BCUT2D eigenvalue weighted by Crippen LogP contribution is -2.50. The van der Waals surface area contributed by atoms with Crippen molar-refractivity contribution in [1.29, 1.82) is 0 Å². The second-order valence-electron chi connectivity index (χ2n) is 9.24. The molecule has 0 unspecified atom stereocenters. The first kappa shape index (κ1) is 14.8. The molecule has 4 aliphatic rings. The number of fused-ring (bicyclic) bond motifs is 6. The number of terminal acetylenes is 1. The maximum Gasteiger partial charge on any atom is 0.162 e. The van der Waals surface area contributed by atoms with Crippen molar-refractivity contribution in [2.24, 2.45) is 34.5 Å². The van der Waals surface area contributed by atoms with Crippen LogP contribution in [0.1, 0.15) is 63.7 Å². The molecule has 0 saturated heterocycles. The Labute approximate surface area is 145 Å². The van der Waals surface area contributed by atoms with Gasteiger partial charge >= 0.3 is 0 Å². The van der Waals surface area contributed by atoms with E-state index in [1.165, 1.54) is 44.1 Å². The Morgan fingerprint density at radius 2 is 2.08 bits per heavy atom. The van der Waals surface area contributed by atoms with Crippen molar-refractivity contribution in [3.05, 3.63) is 23.1 Å². The van der Waals surface area contributed by atoms with E-state index in [4.69, 9.17) is 10.9 Å². The molecule has 4 aliphatic carbocycles. The van der Waals surface area contributed by atoms with Gasteiger partial charge in [0.2, 0.25) is 0 Å². The van der Waals surface area contributed by atoms with Crippen LogP contribution in [0.5, 0.6) is 0 Å². The molecule has 0 aliphatic heterocycles. The summed E-state index contributed by atoms with van der Waals surface area (Å²) in [6, 6.07) is 0. The molecular weight excluding hydrogens is 294 g/mol. The molecule has 0 aromatic carbocycles. The standard InChI is InChI=1S/C22H27NO/c1-4-15-6-8-18-17-7-5-16-11-20-14(13-23-24-20)12-22(16,3)19(17)9-10-21(15,18)2/h1,11,13,15,17-19H,5-10,12H2,2-3H3/t15-,17+,18+,19+,21-,22+/m1/s1. The van der Waals surface area contributed by atoms with Gasteiger partial charge in [0.25, 0.3) is 0 Å². The Bertz CT molecular complexity index is 752. The molecule has 0 spiro atoms. The van der Waals surface area contributed by atoms with Gasteiger partial charge in [0.05, 0.1) is 6.20 Å². The molecule has 1 aromatic heterocycles. The molecule has 5 rings (SSSR count). The largest absolute Gasteiger partial charge is 0.357 e. The molecule has 2 heteroatoms. The summed E-state index contributed by atoms with van der Waals surface area (Å²) in [5, 5.41) is 4.04. The molecular formula is C22H27NO. The predicted octanol–water partition coefficient (Wildman–Crippen LogP) is 5.11. The summed E-state index contributed by atoms with van der Waals surface area (Å²) in [6.45, 7) is 5.01. The van der Waals surface area contributed by atoms with Gasteiger partial charge in [0.15, 0.2) is 5.76 Å². The fraction of sp³-hybridized carbons (Fsp3) is 0.682. The van der Waals surface area contributed by atoms with E-state index in [1.807, 2.05) is 6.20 Å². The maximum atomic E-state index is 5.89. The summed E-state index contributed by atoms with van der Waals surface area (Å²) < 4.78 is 5.45. The number of hydrogen-bond donors (Lipinski definition) is 0. The zero-order chi connectivity index (χ0) is 16.5. The lowest BCUT2D eigenvalue weighted by atomic mass is 9.47. The fourth-order valence-electron chi connectivity index (χ4n) is 7.16. The van der Waals surface area contributed by atoms with Crippen molar-refractivity contribution in [2.75, 3.05) is 0 Å². The highest BCUT2D eigenvalue weighted by Gasteiger charge is 2.58. The van der Waals surface area contributed by atoms with Crippen LogP contribution in [0.4, 0.5) is 0 Å².